The summed E-state index contributed by atoms with van der Waals surface area (Å²) in [4.78, 5) is 0. The van der Waals surface area contributed by atoms with Gasteiger partial charge >= 0.3 is 0 Å². The fourth-order valence-corrected chi connectivity index (χ4v) is 2.17. The van der Waals surface area contributed by atoms with Crippen LogP contribution in [0.3, 0.4) is 0 Å². The Hall–Kier alpha value is 0.270. The van der Waals surface area contributed by atoms with Crippen molar-refractivity contribution in [2.24, 2.45) is 0 Å². The third-order valence-corrected chi connectivity index (χ3v) is 3.28. The van der Waals surface area contributed by atoms with Gasteiger partial charge in [0.25, 0.3) is 0 Å². The molecular formula is C10H23NOS. The molecule has 0 aromatic carbocycles. The Morgan fingerprint density at radius 3 is 2.54 bits per heavy atom. The molecule has 0 aliphatic carbocycles. The van der Waals surface area contributed by atoms with Gasteiger partial charge in [-0.15, -0.1) is 0 Å². The Morgan fingerprint density at radius 1 is 1.38 bits per heavy atom. The number of aliphatic hydroxyl groups is 1. The van der Waals surface area contributed by atoms with E-state index in [-0.39, 0.29) is 6.61 Å². The molecule has 0 aromatic rings. The molecule has 0 heterocycles. The Bertz CT molecular complexity index is 105. The zero-order valence-electron chi connectivity index (χ0n) is 9.05. The lowest BCUT2D eigenvalue weighted by molar-refractivity contribution is 0.300. The highest BCUT2D eigenvalue weighted by molar-refractivity contribution is 7.99. The van der Waals surface area contributed by atoms with E-state index in [1.165, 1.54) is 12.8 Å². The van der Waals surface area contributed by atoms with Crippen LogP contribution in [0.4, 0.5) is 0 Å². The van der Waals surface area contributed by atoms with Crippen molar-refractivity contribution in [1.29, 1.82) is 0 Å². The number of hydrogen-bond donors (Lipinski definition) is 2. The molecule has 0 aliphatic rings. The maximum Gasteiger partial charge on any atom is 0.0547 e. The Labute approximate surface area is 86.5 Å². The van der Waals surface area contributed by atoms with Gasteiger partial charge in [-0.2, -0.15) is 11.8 Å². The summed E-state index contributed by atoms with van der Waals surface area (Å²) < 4.78 is 0. The topological polar surface area (TPSA) is 32.3 Å². The van der Waals surface area contributed by atoms with Crippen molar-refractivity contribution in [1.82, 2.24) is 5.32 Å². The highest BCUT2D eigenvalue weighted by Gasteiger charge is 2.08. The van der Waals surface area contributed by atoms with E-state index in [9.17, 15) is 0 Å². The van der Waals surface area contributed by atoms with Crippen molar-refractivity contribution in [2.45, 2.75) is 44.9 Å². The van der Waals surface area contributed by atoms with Crippen LogP contribution in [0.15, 0.2) is 0 Å². The largest absolute Gasteiger partial charge is 0.395 e. The van der Waals surface area contributed by atoms with Crippen LogP contribution < -0.4 is 5.32 Å². The van der Waals surface area contributed by atoms with Gasteiger partial charge in [0.1, 0.15) is 0 Å². The molecule has 0 saturated carbocycles. The fraction of sp³-hybridized carbons (Fsp3) is 1.00. The minimum absolute atomic E-state index is 0.287. The lowest BCUT2D eigenvalue weighted by Crippen LogP contribution is -2.31. The number of nitrogens with one attached hydrogen (secondary N) is 1. The van der Waals surface area contributed by atoms with E-state index in [4.69, 9.17) is 5.11 Å². The first-order chi connectivity index (χ1) is 6.24. The maximum atomic E-state index is 8.87. The molecule has 0 saturated heterocycles. The monoisotopic (exact) mass is 205 g/mol. The Kier molecular flexibility index (Phi) is 9.03. The first-order valence-electron chi connectivity index (χ1n) is 5.20. The van der Waals surface area contributed by atoms with E-state index in [0.29, 0.717) is 11.3 Å². The fourth-order valence-electron chi connectivity index (χ4n) is 1.21. The first kappa shape index (κ1) is 13.3. The van der Waals surface area contributed by atoms with Gasteiger partial charge in [0.05, 0.1) is 6.61 Å². The van der Waals surface area contributed by atoms with Crippen molar-refractivity contribution >= 4 is 11.8 Å². The summed E-state index contributed by atoms with van der Waals surface area (Å²) in [7, 11) is 0. The van der Waals surface area contributed by atoms with Gasteiger partial charge in [0.15, 0.2) is 0 Å². The minimum Gasteiger partial charge on any atom is -0.395 e. The SMILES string of the molecule is CCCC(CSC(C)CO)NCC. The van der Waals surface area contributed by atoms with E-state index in [1.807, 2.05) is 11.8 Å². The molecule has 0 bridgehead atoms. The number of thioether (sulfide) groups is 1. The molecule has 0 radical (unpaired) electrons. The van der Waals surface area contributed by atoms with Gasteiger partial charge in [0.2, 0.25) is 0 Å². The molecule has 3 heteroatoms. The minimum atomic E-state index is 0.287. The molecule has 2 unspecified atom stereocenters. The highest BCUT2D eigenvalue weighted by Crippen LogP contribution is 2.13. The normalized spacial score (nSPS) is 15.7. The van der Waals surface area contributed by atoms with Crippen LogP contribution in [0, 0.1) is 0 Å². The highest BCUT2D eigenvalue weighted by atomic mass is 32.2. The maximum absolute atomic E-state index is 8.87. The van der Waals surface area contributed by atoms with Gasteiger partial charge in [0, 0.05) is 17.0 Å². The van der Waals surface area contributed by atoms with Gasteiger partial charge in [-0.25, -0.2) is 0 Å². The lowest BCUT2D eigenvalue weighted by atomic mass is 10.2. The predicted octanol–water partition coefficient (Wildman–Crippen LogP) is 1.88. The van der Waals surface area contributed by atoms with E-state index in [0.717, 1.165) is 12.3 Å². The third-order valence-electron chi connectivity index (χ3n) is 1.97. The van der Waals surface area contributed by atoms with E-state index in [1.54, 1.807) is 0 Å². The summed E-state index contributed by atoms with van der Waals surface area (Å²) in [5.74, 6) is 1.11. The number of hydrogen-bond acceptors (Lipinski definition) is 3. The van der Waals surface area contributed by atoms with E-state index >= 15 is 0 Å². The molecule has 0 fully saturated rings. The lowest BCUT2D eigenvalue weighted by Gasteiger charge is -2.18. The first-order valence-corrected chi connectivity index (χ1v) is 6.25. The zero-order chi connectivity index (χ0) is 10.1. The van der Waals surface area contributed by atoms with Crippen molar-refractivity contribution in [3.05, 3.63) is 0 Å². The molecule has 13 heavy (non-hydrogen) atoms. The van der Waals surface area contributed by atoms with Crippen LogP contribution in [0.2, 0.25) is 0 Å². The molecular weight excluding hydrogens is 182 g/mol. The zero-order valence-corrected chi connectivity index (χ0v) is 9.86. The average molecular weight is 205 g/mol. The average Bonchev–Trinajstić information content (AvgIpc) is 2.14. The Morgan fingerprint density at radius 2 is 2.08 bits per heavy atom. The van der Waals surface area contributed by atoms with Gasteiger partial charge in [-0.05, 0) is 13.0 Å². The van der Waals surface area contributed by atoms with Gasteiger partial charge in [-0.3, -0.25) is 0 Å². The van der Waals surface area contributed by atoms with E-state index < -0.39 is 0 Å². The van der Waals surface area contributed by atoms with Crippen LogP contribution in [0.1, 0.15) is 33.6 Å². The second-order valence-electron chi connectivity index (χ2n) is 3.37. The summed E-state index contributed by atoms with van der Waals surface area (Å²) in [6, 6.07) is 0.619. The van der Waals surface area contributed by atoms with Crippen LogP contribution in [0.5, 0.6) is 0 Å². The molecule has 80 valence electrons. The quantitative estimate of drug-likeness (QED) is 0.634. The Balaban J connectivity index is 3.55. The van der Waals surface area contributed by atoms with Crippen LogP contribution in [-0.4, -0.2) is 35.3 Å². The second kappa shape index (κ2) is 8.85. The summed E-state index contributed by atoms with van der Waals surface area (Å²) in [6.45, 7) is 7.75. The summed E-state index contributed by atoms with van der Waals surface area (Å²) in [6.07, 6.45) is 2.46. The molecule has 0 aromatic heterocycles. The molecule has 0 amide bonds. The molecule has 2 N–H and O–H groups in total. The predicted molar refractivity (Wildman–Crippen MR) is 61.4 cm³/mol. The number of rotatable bonds is 8. The van der Waals surface area contributed by atoms with E-state index in [2.05, 4.69) is 26.1 Å². The van der Waals surface area contributed by atoms with Crippen LogP contribution >= 0.6 is 11.8 Å². The van der Waals surface area contributed by atoms with Crippen molar-refractivity contribution in [3.8, 4) is 0 Å². The van der Waals surface area contributed by atoms with Crippen LogP contribution in [0.25, 0.3) is 0 Å². The molecule has 0 spiro atoms. The third kappa shape index (κ3) is 7.35. The standard InChI is InChI=1S/C10H23NOS/c1-4-6-10(11-5-2)8-13-9(3)7-12/h9-12H,4-8H2,1-3H3. The van der Waals surface area contributed by atoms with Crippen molar-refractivity contribution in [2.75, 3.05) is 18.9 Å². The summed E-state index contributed by atoms with van der Waals surface area (Å²) >= 11 is 1.85. The molecule has 0 rings (SSSR count). The molecule has 2 nitrogen and oxygen atoms in total. The number of aliphatic hydroxyl groups excluding tert-OH is 1. The van der Waals surface area contributed by atoms with Crippen molar-refractivity contribution < 1.29 is 5.11 Å². The van der Waals surface area contributed by atoms with Crippen LogP contribution in [-0.2, 0) is 0 Å². The van der Waals surface area contributed by atoms with Gasteiger partial charge in [-0.1, -0.05) is 27.2 Å². The summed E-state index contributed by atoms with van der Waals surface area (Å²) in [5, 5.41) is 12.7. The molecule has 0 aliphatic heterocycles. The van der Waals surface area contributed by atoms with Gasteiger partial charge < -0.3 is 10.4 Å². The van der Waals surface area contributed by atoms with Crippen molar-refractivity contribution in [3.63, 3.8) is 0 Å². The summed E-state index contributed by atoms with van der Waals surface area (Å²) in [5.41, 5.74) is 0. The smallest absolute Gasteiger partial charge is 0.0547 e. The molecule has 2 atom stereocenters. The second-order valence-corrected chi connectivity index (χ2v) is 4.84.